The van der Waals surface area contributed by atoms with Gasteiger partial charge in [0.2, 0.25) is 0 Å². The Kier molecular flexibility index (Phi) is 4.15. The van der Waals surface area contributed by atoms with Gasteiger partial charge in [-0.2, -0.15) is 0 Å². The van der Waals surface area contributed by atoms with Crippen molar-refractivity contribution in [2.45, 2.75) is 37.6 Å². The first-order valence-electron chi connectivity index (χ1n) is 6.08. The summed E-state index contributed by atoms with van der Waals surface area (Å²) in [7, 11) is 0. The van der Waals surface area contributed by atoms with Gasteiger partial charge in [-0.05, 0) is 12.8 Å². The molecule has 1 spiro atoms. The fourth-order valence-corrected chi connectivity index (χ4v) is 2.35. The molecule has 7 heteroatoms. The van der Waals surface area contributed by atoms with E-state index in [0.717, 1.165) is 25.7 Å². The zero-order chi connectivity index (χ0) is 13.0. The molecule has 1 saturated heterocycles. The van der Waals surface area contributed by atoms with E-state index >= 15 is 0 Å². The maximum atomic E-state index is 11.2. The molecule has 0 aromatic carbocycles. The minimum absolute atomic E-state index is 0.00190. The summed E-state index contributed by atoms with van der Waals surface area (Å²) in [5.41, 5.74) is 4.82. The third-order valence-electron chi connectivity index (χ3n) is 3.22. The first-order valence-corrected chi connectivity index (χ1v) is 6.08. The highest BCUT2D eigenvalue weighted by molar-refractivity contribution is 5.94. The van der Waals surface area contributed by atoms with Gasteiger partial charge < -0.3 is 19.9 Å². The topological polar surface area (TPSA) is 99.9 Å². The number of hydrogen-bond acceptors (Lipinski definition) is 5. The van der Waals surface area contributed by atoms with Crippen molar-refractivity contribution in [2.75, 3.05) is 19.8 Å². The van der Waals surface area contributed by atoms with E-state index in [2.05, 4.69) is 0 Å². The van der Waals surface area contributed by atoms with Gasteiger partial charge in [0.05, 0.1) is 19.3 Å². The van der Waals surface area contributed by atoms with E-state index in [-0.39, 0.29) is 12.7 Å². The molecular weight excluding hydrogens is 240 g/mol. The Hall–Kier alpha value is -1.18. The number of urea groups is 1. The average molecular weight is 258 g/mol. The second kappa shape index (κ2) is 5.64. The van der Waals surface area contributed by atoms with Crippen LogP contribution in [0.5, 0.6) is 0 Å². The quantitative estimate of drug-likeness (QED) is 0.735. The van der Waals surface area contributed by atoms with Crippen LogP contribution in [0.3, 0.4) is 0 Å². The zero-order valence-electron chi connectivity index (χ0n) is 10.1. The first kappa shape index (κ1) is 13.3. The maximum Gasteiger partial charge on any atom is 0.318 e. The van der Waals surface area contributed by atoms with Crippen LogP contribution >= 0.6 is 0 Å². The molecule has 0 unspecified atom stereocenters. The van der Waals surface area contributed by atoms with Gasteiger partial charge >= 0.3 is 6.03 Å². The summed E-state index contributed by atoms with van der Waals surface area (Å²) < 4.78 is 16.6. The molecule has 2 rings (SSSR count). The van der Waals surface area contributed by atoms with E-state index in [0.29, 0.717) is 13.2 Å². The van der Waals surface area contributed by atoms with Crippen molar-refractivity contribution >= 4 is 11.9 Å². The van der Waals surface area contributed by atoms with Crippen molar-refractivity contribution in [3.8, 4) is 0 Å². The highest BCUT2D eigenvalue weighted by Crippen LogP contribution is 2.36. The van der Waals surface area contributed by atoms with Crippen molar-refractivity contribution in [1.29, 1.82) is 0 Å². The van der Waals surface area contributed by atoms with E-state index in [1.54, 1.807) is 0 Å². The lowest BCUT2D eigenvalue weighted by Crippen LogP contribution is -2.40. The number of amides is 3. The second-order valence-electron chi connectivity index (χ2n) is 4.53. The van der Waals surface area contributed by atoms with Crippen molar-refractivity contribution in [1.82, 2.24) is 5.32 Å². The Morgan fingerprint density at radius 1 is 1.28 bits per heavy atom. The van der Waals surface area contributed by atoms with Crippen LogP contribution in [0.1, 0.15) is 25.7 Å². The summed E-state index contributed by atoms with van der Waals surface area (Å²) in [5, 5.41) is 1.96. The molecule has 2 fully saturated rings. The van der Waals surface area contributed by atoms with Crippen molar-refractivity contribution in [3.63, 3.8) is 0 Å². The molecular formula is C11H18N2O5. The lowest BCUT2D eigenvalue weighted by molar-refractivity contribution is -0.191. The summed E-state index contributed by atoms with van der Waals surface area (Å²) in [6, 6.07) is -0.862. The van der Waals surface area contributed by atoms with Gasteiger partial charge in [-0.15, -0.1) is 0 Å². The number of rotatable bonds is 3. The number of nitrogens with two attached hydrogens (primary N) is 1. The van der Waals surface area contributed by atoms with Crippen LogP contribution in [-0.2, 0) is 19.0 Å². The summed E-state index contributed by atoms with van der Waals surface area (Å²) in [6.07, 6.45) is 3.11. The van der Waals surface area contributed by atoms with Gasteiger partial charge in [0, 0.05) is 12.8 Å². The van der Waals surface area contributed by atoms with E-state index in [4.69, 9.17) is 19.9 Å². The summed E-state index contributed by atoms with van der Waals surface area (Å²) >= 11 is 0. The molecule has 1 heterocycles. The summed E-state index contributed by atoms with van der Waals surface area (Å²) in [4.78, 5) is 21.6. The van der Waals surface area contributed by atoms with Crippen LogP contribution in [0.25, 0.3) is 0 Å². The number of carbonyl (C=O) groups excluding carboxylic acids is 2. The largest absolute Gasteiger partial charge is 0.368 e. The SMILES string of the molecule is NC(=O)NC(=O)COC1CCC2(CC1)OCCO2. The molecule has 0 aromatic heterocycles. The predicted octanol–water partition coefficient (Wildman–Crippen LogP) is -0.116. The van der Waals surface area contributed by atoms with E-state index in [9.17, 15) is 9.59 Å². The molecule has 3 amide bonds. The number of primary amides is 1. The summed E-state index contributed by atoms with van der Waals surface area (Å²) in [6.45, 7) is 1.14. The van der Waals surface area contributed by atoms with Crippen molar-refractivity contribution in [2.24, 2.45) is 5.73 Å². The van der Waals surface area contributed by atoms with E-state index < -0.39 is 17.7 Å². The fraction of sp³-hybridized carbons (Fsp3) is 0.818. The molecule has 1 aliphatic carbocycles. The molecule has 0 atom stereocenters. The third kappa shape index (κ3) is 3.41. The average Bonchev–Trinajstić information content (AvgIpc) is 2.76. The van der Waals surface area contributed by atoms with Gasteiger partial charge in [0.15, 0.2) is 5.79 Å². The summed E-state index contributed by atoms with van der Waals surface area (Å²) in [5.74, 6) is -0.939. The highest BCUT2D eigenvalue weighted by atomic mass is 16.7. The second-order valence-corrected chi connectivity index (χ2v) is 4.53. The lowest BCUT2D eigenvalue weighted by Gasteiger charge is -2.35. The van der Waals surface area contributed by atoms with Crippen LogP contribution in [0.4, 0.5) is 4.79 Å². The van der Waals surface area contributed by atoms with Crippen LogP contribution in [0.2, 0.25) is 0 Å². The van der Waals surface area contributed by atoms with Gasteiger partial charge in [0.1, 0.15) is 6.61 Å². The molecule has 18 heavy (non-hydrogen) atoms. The molecule has 0 radical (unpaired) electrons. The van der Waals surface area contributed by atoms with Crippen molar-refractivity contribution < 1.29 is 23.8 Å². The molecule has 1 aliphatic heterocycles. The van der Waals surface area contributed by atoms with Gasteiger partial charge in [-0.3, -0.25) is 10.1 Å². The molecule has 102 valence electrons. The molecule has 0 aromatic rings. The smallest absolute Gasteiger partial charge is 0.318 e. The predicted molar refractivity (Wildman–Crippen MR) is 60.6 cm³/mol. The van der Waals surface area contributed by atoms with Gasteiger partial charge in [0.25, 0.3) is 5.91 Å². The van der Waals surface area contributed by atoms with E-state index in [1.165, 1.54) is 0 Å². The Morgan fingerprint density at radius 3 is 2.44 bits per heavy atom. The highest BCUT2D eigenvalue weighted by Gasteiger charge is 2.40. The van der Waals surface area contributed by atoms with E-state index in [1.807, 2.05) is 5.32 Å². The minimum atomic E-state index is -0.862. The van der Waals surface area contributed by atoms with Gasteiger partial charge in [-0.25, -0.2) is 4.79 Å². The van der Waals surface area contributed by atoms with Crippen molar-refractivity contribution in [3.05, 3.63) is 0 Å². The monoisotopic (exact) mass is 258 g/mol. The number of carbonyl (C=O) groups is 2. The van der Waals surface area contributed by atoms with Crippen LogP contribution in [-0.4, -0.2) is 43.7 Å². The normalized spacial score (nSPS) is 23.1. The molecule has 3 N–H and O–H groups in total. The van der Waals surface area contributed by atoms with Crippen LogP contribution < -0.4 is 11.1 Å². The first-order chi connectivity index (χ1) is 8.60. The number of hydrogen-bond donors (Lipinski definition) is 2. The standard InChI is InChI=1S/C11H18N2O5/c12-10(15)13-9(14)7-16-8-1-3-11(4-2-8)17-5-6-18-11/h8H,1-7H2,(H3,12,13,14,15). The minimum Gasteiger partial charge on any atom is -0.368 e. The van der Waals surface area contributed by atoms with Gasteiger partial charge in [-0.1, -0.05) is 0 Å². The number of nitrogens with one attached hydrogen (secondary N) is 1. The molecule has 7 nitrogen and oxygen atoms in total. The lowest BCUT2D eigenvalue weighted by atomic mass is 9.92. The maximum absolute atomic E-state index is 11.2. The fourth-order valence-electron chi connectivity index (χ4n) is 2.35. The zero-order valence-corrected chi connectivity index (χ0v) is 10.1. The molecule has 0 bridgehead atoms. The Bertz CT molecular complexity index is 317. The molecule has 2 aliphatic rings. The number of ether oxygens (including phenoxy) is 3. The molecule has 1 saturated carbocycles. The number of imide groups is 1. The third-order valence-corrected chi connectivity index (χ3v) is 3.22. The Labute approximate surface area is 105 Å². The Morgan fingerprint density at radius 2 is 1.89 bits per heavy atom. The van der Waals surface area contributed by atoms with Crippen LogP contribution in [0, 0.1) is 0 Å². The Balaban J connectivity index is 1.67. The van der Waals surface area contributed by atoms with Crippen LogP contribution in [0.15, 0.2) is 0 Å².